The summed E-state index contributed by atoms with van der Waals surface area (Å²) < 4.78 is 5.63. The van der Waals surface area contributed by atoms with Crippen molar-refractivity contribution >= 4 is 28.8 Å². The van der Waals surface area contributed by atoms with E-state index in [-0.39, 0.29) is 11.3 Å². The summed E-state index contributed by atoms with van der Waals surface area (Å²) in [5.74, 6) is -0.462. The van der Waals surface area contributed by atoms with Gasteiger partial charge >= 0.3 is 0 Å². The molecule has 0 radical (unpaired) electrons. The third-order valence-corrected chi connectivity index (χ3v) is 6.86. The predicted molar refractivity (Wildman–Crippen MR) is 132 cm³/mol. The molecule has 3 heterocycles. The van der Waals surface area contributed by atoms with Crippen molar-refractivity contribution in [2.75, 3.05) is 22.9 Å². The number of hydrogen-bond donors (Lipinski definition) is 1. The first-order valence-electron chi connectivity index (χ1n) is 11.7. The Morgan fingerprint density at radius 3 is 2.21 bits per heavy atom. The highest BCUT2D eigenvalue weighted by Crippen LogP contribution is 2.42. The van der Waals surface area contributed by atoms with Gasteiger partial charge in [0.05, 0.1) is 11.8 Å². The standard InChI is InChI=1S/C28H28N2O4/c1-18-5-7-20(8-6-18)26(31)24-25(23-4-3-17-34-23)30(28(33)27(24)32)22-11-9-21(10-12-22)29-15-13-19(2)14-16-29/h3-12,17,19,25,31H,13-16H2,1-2H3/b26-24-. The minimum atomic E-state index is -0.849. The number of nitrogens with zero attached hydrogens (tertiary/aromatic N) is 2. The number of amides is 1. The number of carbonyl (C=O) groups is 2. The van der Waals surface area contributed by atoms with Crippen molar-refractivity contribution in [2.24, 2.45) is 5.92 Å². The Kier molecular flexibility index (Phi) is 5.74. The van der Waals surface area contributed by atoms with Gasteiger partial charge in [-0.05, 0) is 62.1 Å². The highest BCUT2D eigenvalue weighted by atomic mass is 16.3. The molecule has 0 saturated carbocycles. The van der Waals surface area contributed by atoms with Crippen LogP contribution in [0.15, 0.2) is 76.9 Å². The zero-order valence-corrected chi connectivity index (χ0v) is 19.4. The first-order chi connectivity index (χ1) is 16.4. The lowest BCUT2D eigenvalue weighted by molar-refractivity contribution is -0.132. The number of rotatable bonds is 4. The van der Waals surface area contributed by atoms with Crippen molar-refractivity contribution in [2.45, 2.75) is 32.7 Å². The van der Waals surface area contributed by atoms with Gasteiger partial charge in [-0.3, -0.25) is 14.5 Å². The number of carbonyl (C=O) groups excluding carboxylic acids is 2. The Morgan fingerprint density at radius 2 is 1.59 bits per heavy atom. The first-order valence-corrected chi connectivity index (χ1v) is 11.7. The van der Waals surface area contributed by atoms with E-state index in [9.17, 15) is 14.7 Å². The van der Waals surface area contributed by atoms with E-state index < -0.39 is 17.7 Å². The average molecular weight is 457 g/mol. The van der Waals surface area contributed by atoms with E-state index in [1.165, 1.54) is 11.2 Å². The van der Waals surface area contributed by atoms with Gasteiger partial charge in [0.1, 0.15) is 17.6 Å². The number of aryl methyl sites for hydroxylation is 1. The Morgan fingerprint density at radius 1 is 0.941 bits per heavy atom. The van der Waals surface area contributed by atoms with Crippen molar-refractivity contribution in [3.63, 3.8) is 0 Å². The minimum Gasteiger partial charge on any atom is -0.507 e. The Bertz CT molecular complexity index is 1220. The first kappa shape index (κ1) is 22.0. The molecule has 0 spiro atoms. The molecule has 5 rings (SSSR count). The molecule has 6 heteroatoms. The van der Waals surface area contributed by atoms with E-state index in [1.807, 2.05) is 43.3 Å². The number of hydrogen-bond acceptors (Lipinski definition) is 5. The van der Waals surface area contributed by atoms with E-state index >= 15 is 0 Å². The van der Waals surface area contributed by atoms with Crippen LogP contribution in [0.5, 0.6) is 0 Å². The third kappa shape index (κ3) is 3.89. The fourth-order valence-electron chi connectivity index (χ4n) is 4.77. The number of furan rings is 1. The predicted octanol–water partition coefficient (Wildman–Crippen LogP) is 5.45. The van der Waals surface area contributed by atoms with Crippen LogP contribution in [0.3, 0.4) is 0 Å². The summed E-state index contributed by atoms with van der Waals surface area (Å²) in [7, 11) is 0. The molecule has 2 aliphatic heterocycles. The normalized spacial score (nSPS) is 20.8. The summed E-state index contributed by atoms with van der Waals surface area (Å²) in [6.45, 7) is 6.24. The molecule has 1 unspecified atom stereocenters. The molecule has 2 aromatic carbocycles. The summed E-state index contributed by atoms with van der Waals surface area (Å²) in [5, 5.41) is 11.1. The molecule has 1 N–H and O–H groups in total. The van der Waals surface area contributed by atoms with Crippen LogP contribution < -0.4 is 9.80 Å². The average Bonchev–Trinajstić information content (AvgIpc) is 3.47. The second-order valence-electron chi connectivity index (χ2n) is 9.24. The van der Waals surface area contributed by atoms with Crippen LogP contribution in [-0.4, -0.2) is 29.9 Å². The van der Waals surface area contributed by atoms with Crippen LogP contribution in [-0.2, 0) is 9.59 Å². The maximum absolute atomic E-state index is 13.2. The molecular weight excluding hydrogens is 428 g/mol. The van der Waals surface area contributed by atoms with Gasteiger partial charge in [0.15, 0.2) is 0 Å². The number of benzene rings is 2. The maximum atomic E-state index is 13.2. The van der Waals surface area contributed by atoms with Gasteiger partial charge in [-0.15, -0.1) is 0 Å². The number of ketones is 1. The molecule has 2 saturated heterocycles. The van der Waals surface area contributed by atoms with Crippen molar-refractivity contribution in [3.05, 3.63) is 89.4 Å². The molecular formula is C28H28N2O4. The number of aliphatic hydroxyl groups excluding tert-OH is 1. The van der Waals surface area contributed by atoms with E-state index in [4.69, 9.17) is 4.42 Å². The smallest absolute Gasteiger partial charge is 0.300 e. The van der Waals surface area contributed by atoms with E-state index in [1.54, 1.807) is 24.3 Å². The van der Waals surface area contributed by atoms with E-state index in [0.717, 1.165) is 43.1 Å². The van der Waals surface area contributed by atoms with Crippen LogP contribution in [0.25, 0.3) is 5.76 Å². The van der Waals surface area contributed by atoms with Gasteiger partial charge < -0.3 is 14.4 Å². The highest BCUT2D eigenvalue weighted by Gasteiger charge is 2.48. The van der Waals surface area contributed by atoms with Gasteiger partial charge in [0.2, 0.25) is 0 Å². The second kappa shape index (κ2) is 8.86. The van der Waals surface area contributed by atoms with Crippen LogP contribution in [0.2, 0.25) is 0 Å². The summed E-state index contributed by atoms with van der Waals surface area (Å²) in [5.41, 5.74) is 3.22. The molecule has 1 atom stereocenters. The van der Waals surface area contributed by atoms with E-state index in [2.05, 4.69) is 11.8 Å². The molecule has 2 aliphatic rings. The monoisotopic (exact) mass is 456 g/mol. The Labute approximate surface area is 199 Å². The molecule has 3 aromatic rings. The molecule has 174 valence electrons. The number of piperidine rings is 1. The van der Waals surface area contributed by atoms with Crippen LogP contribution in [0, 0.1) is 12.8 Å². The summed E-state index contributed by atoms with van der Waals surface area (Å²) in [6, 6.07) is 17.5. The summed E-state index contributed by atoms with van der Waals surface area (Å²) in [4.78, 5) is 30.1. The van der Waals surface area contributed by atoms with E-state index in [0.29, 0.717) is 17.0 Å². The largest absolute Gasteiger partial charge is 0.507 e. The van der Waals surface area contributed by atoms with Gasteiger partial charge in [-0.25, -0.2) is 0 Å². The summed E-state index contributed by atoms with van der Waals surface area (Å²) >= 11 is 0. The quantitative estimate of drug-likeness (QED) is 0.321. The van der Waals surface area contributed by atoms with Crippen LogP contribution >= 0.6 is 0 Å². The molecule has 2 fully saturated rings. The van der Waals surface area contributed by atoms with Crippen LogP contribution in [0.4, 0.5) is 11.4 Å². The van der Waals surface area contributed by atoms with Gasteiger partial charge in [-0.1, -0.05) is 36.8 Å². The van der Waals surface area contributed by atoms with Crippen molar-refractivity contribution < 1.29 is 19.1 Å². The molecule has 34 heavy (non-hydrogen) atoms. The Balaban J connectivity index is 1.54. The van der Waals surface area contributed by atoms with Crippen molar-refractivity contribution in [3.8, 4) is 0 Å². The third-order valence-electron chi connectivity index (χ3n) is 6.86. The zero-order valence-electron chi connectivity index (χ0n) is 19.4. The topological polar surface area (TPSA) is 74.0 Å². The SMILES string of the molecule is Cc1ccc(/C(O)=C2/C(=O)C(=O)N(c3ccc(N4CCC(C)CC4)cc3)C2c2ccco2)cc1. The highest BCUT2D eigenvalue weighted by molar-refractivity contribution is 6.51. The lowest BCUT2D eigenvalue weighted by Crippen LogP contribution is -2.33. The second-order valence-corrected chi connectivity index (χ2v) is 9.24. The van der Waals surface area contributed by atoms with Gasteiger partial charge in [-0.2, -0.15) is 0 Å². The van der Waals surface area contributed by atoms with Crippen molar-refractivity contribution in [1.29, 1.82) is 0 Å². The van der Waals surface area contributed by atoms with Crippen molar-refractivity contribution in [1.82, 2.24) is 0 Å². The van der Waals surface area contributed by atoms with Crippen LogP contribution in [0.1, 0.15) is 42.7 Å². The zero-order chi connectivity index (χ0) is 23.8. The minimum absolute atomic E-state index is 0.0258. The molecule has 1 amide bonds. The lowest BCUT2D eigenvalue weighted by atomic mass is 9.98. The lowest BCUT2D eigenvalue weighted by Gasteiger charge is -2.32. The van der Waals surface area contributed by atoms with Gasteiger partial charge in [0.25, 0.3) is 11.7 Å². The fourth-order valence-corrected chi connectivity index (χ4v) is 4.77. The molecule has 0 aliphatic carbocycles. The summed E-state index contributed by atoms with van der Waals surface area (Å²) in [6.07, 6.45) is 3.82. The molecule has 0 bridgehead atoms. The molecule has 1 aromatic heterocycles. The number of Topliss-reactive ketones (excluding diaryl/α,β-unsaturated/α-hetero) is 1. The Hall–Kier alpha value is -3.80. The number of anilines is 2. The fraction of sp³-hybridized carbons (Fsp3) is 0.286. The molecule has 6 nitrogen and oxygen atoms in total. The van der Waals surface area contributed by atoms with Gasteiger partial charge in [0, 0.05) is 30.0 Å². The number of aliphatic hydroxyl groups is 1. The maximum Gasteiger partial charge on any atom is 0.300 e.